The predicted molar refractivity (Wildman–Crippen MR) is 102 cm³/mol. The van der Waals surface area contributed by atoms with Crippen molar-refractivity contribution in [3.63, 3.8) is 0 Å². The number of hydrogen-bond acceptors (Lipinski definition) is 3. The van der Waals surface area contributed by atoms with Crippen LogP contribution in [0.2, 0.25) is 0 Å². The Morgan fingerprint density at radius 2 is 1.53 bits per heavy atom. The highest BCUT2D eigenvalue weighted by Crippen LogP contribution is 2.31. The molecule has 0 saturated heterocycles. The Labute approximate surface area is 167 Å². The van der Waals surface area contributed by atoms with Crippen molar-refractivity contribution in [2.75, 3.05) is 6.61 Å². The molecular formula is C22H13F5N2O. The van der Waals surface area contributed by atoms with E-state index in [1.165, 1.54) is 24.4 Å². The molecule has 0 fully saturated rings. The van der Waals surface area contributed by atoms with Gasteiger partial charge in [-0.1, -0.05) is 18.2 Å². The van der Waals surface area contributed by atoms with Gasteiger partial charge in [0.05, 0.1) is 22.5 Å². The molecule has 30 heavy (non-hydrogen) atoms. The number of nitrogens with zero attached hydrogens (tertiary/aromatic N) is 2. The third-order valence-electron chi connectivity index (χ3n) is 4.36. The van der Waals surface area contributed by atoms with E-state index in [-0.39, 0.29) is 17.0 Å². The number of pyridine rings is 2. The largest absolute Gasteiger partial charge is 0.483 e. The molecule has 0 atom stereocenters. The zero-order valence-electron chi connectivity index (χ0n) is 15.3. The Balaban J connectivity index is 1.77. The fraction of sp³-hybridized carbons (Fsp3) is 0.0909. The van der Waals surface area contributed by atoms with Crippen LogP contribution in [0.5, 0.6) is 5.75 Å². The van der Waals surface area contributed by atoms with Gasteiger partial charge in [-0.15, -0.1) is 0 Å². The molecule has 0 spiro atoms. The molecule has 8 heteroatoms. The van der Waals surface area contributed by atoms with Gasteiger partial charge in [-0.05, 0) is 42.5 Å². The van der Waals surface area contributed by atoms with E-state index in [0.717, 1.165) is 12.1 Å². The second-order valence-corrected chi connectivity index (χ2v) is 6.45. The number of benzene rings is 2. The average molecular weight is 416 g/mol. The lowest BCUT2D eigenvalue weighted by atomic mass is 10.1. The van der Waals surface area contributed by atoms with Crippen LogP contribution in [-0.4, -0.2) is 22.8 Å². The van der Waals surface area contributed by atoms with Gasteiger partial charge in [-0.3, -0.25) is 4.98 Å². The standard InChI is InChI=1S/C22H13F5N2O/c23-15-3-1-4-16(24)21(15)19-6-2-5-17(29-19)13-7-8-18-14(11-13)20(9-10-28-18)30-12-22(25,26)27/h1-11H,12H2. The van der Waals surface area contributed by atoms with E-state index >= 15 is 0 Å². The lowest BCUT2D eigenvalue weighted by Gasteiger charge is -2.12. The molecule has 0 bridgehead atoms. The Morgan fingerprint density at radius 3 is 2.27 bits per heavy atom. The van der Waals surface area contributed by atoms with Gasteiger partial charge in [-0.25, -0.2) is 13.8 Å². The lowest BCUT2D eigenvalue weighted by molar-refractivity contribution is -0.153. The van der Waals surface area contributed by atoms with Crippen LogP contribution in [0.4, 0.5) is 22.0 Å². The predicted octanol–water partition coefficient (Wildman–Crippen LogP) is 6.18. The summed E-state index contributed by atoms with van der Waals surface area (Å²) in [5.74, 6) is -1.47. The third kappa shape index (κ3) is 4.07. The third-order valence-corrected chi connectivity index (χ3v) is 4.36. The van der Waals surface area contributed by atoms with Crippen molar-refractivity contribution >= 4 is 10.9 Å². The quantitative estimate of drug-likeness (QED) is 0.373. The van der Waals surface area contributed by atoms with Gasteiger partial charge >= 0.3 is 6.18 Å². The highest BCUT2D eigenvalue weighted by molar-refractivity contribution is 5.89. The lowest BCUT2D eigenvalue weighted by Crippen LogP contribution is -2.19. The molecule has 0 aliphatic rings. The monoisotopic (exact) mass is 416 g/mol. The fourth-order valence-corrected chi connectivity index (χ4v) is 3.04. The molecule has 0 aliphatic heterocycles. The first-order valence-electron chi connectivity index (χ1n) is 8.82. The van der Waals surface area contributed by atoms with E-state index in [1.54, 1.807) is 30.3 Å². The van der Waals surface area contributed by atoms with Crippen LogP contribution in [0.1, 0.15) is 0 Å². The summed E-state index contributed by atoms with van der Waals surface area (Å²) in [6.45, 7) is -1.43. The van der Waals surface area contributed by atoms with E-state index in [2.05, 4.69) is 9.97 Å². The van der Waals surface area contributed by atoms with E-state index in [4.69, 9.17) is 4.74 Å². The fourth-order valence-electron chi connectivity index (χ4n) is 3.04. The van der Waals surface area contributed by atoms with Crippen LogP contribution >= 0.6 is 0 Å². The maximum Gasteiger partial charge on any atom is 0.422 e. The van der Waals surface area contributed by atoms with Gasteiger partial charge in [0.1, 0.15) is 17.4 Å². The van der Waals surface area contributed by atoms with Crippen molar-refractivity contribution in [3.05, 3.63) is 78.5 Å². The zero-order chi connectivity index (χ0) is 21.3. The minimum absolute atomic E-state index is 0.0236. The minimum atomic E-state index is -4.48. The van der Waals surface area contributed by atoms with Gasteiger partial charge in [0.15, 0.2) is 6.61 Å². The van der Waals surface area contributed by atoms with Crippen LogP contribution in [-0.2, 0) is 0 Å². The molecule has 4 rings (SSSR count). The molecule has 0 radical (unpaired) electrons. The van der Waals surface area contributed by atoms with Gasteiger partial charge in [0.2, 0.25) is 0 Å². The van der Waals surface area contributed by atoms with E-state index in [9.17, 15) is 22.0 Å². The highest BCUT2D eigenvalue weighted by Gasteiger charge is 2.28. The summed E-state index contributed by atoms with van der Waals surface area (Å²) in [6.07, 6.45) is -3.12. The summed E-state index contributed by atoms with van der Waals surface area (Å²) in [6, 6.07) is 14.5. The van der Waals surface area contributed by atoms with Crippen LogP contribution in [0.15, 0.2) is 66.9 Å². The first kappa shape index (κ1) is 19.8. The molecule has 152 valence electrons. The normalized spacial score (nSPS) is 11.6. The first-order chi connectivity index (χ1) is 14.3. The molecule has 4 aromatic rings. The summed E-state index contributed by atoms with van der Waals surface area (Å²) < 4.78 is 70.8. The first-order valence-corrected chi connectivity index (χ1v) is 8.82. The van der Waals surface area contributed by atoms with E-state index in [1.807, 2.05) is 0 Å². The second-order valence-electron chi connectivity index (χ2n) is 6.45. The Morgan fingerprint density at radius 1 is 0.833 bits per heavy atom. The summed E-state index contributed by atoms with van der Waals surface area (Å²) >= 11 is 0. The van der Waals surface area contributed by atoms with Gasteiger partial charge in [-0.2, -0.15) is 13.2 Å². The zero-order valence-corrected chi connectivity index (χ0v) is 15.3. The molecule has 2 aromatic heterocycles. The molecule has 0 saturated carbocycles. The maximum absolute atomic E-state index is 14.1. The number of hydrogen-bond donors (Lipinski definition) is 0. The number of halogens is 5. The van der Waals surface area contributed by atoms with Crippen molar-refractivity contribution in [1.29, 1.82) is 0 Å². The number of rotatable bonds is 4. The summed E-state index contributed by atoms with van der Waals surface area (Å²) in [4.78, 5) is 8.46. The Hall–Kier alpha value is -3.55. The second kappa shape index (κ2) is 7.70. The van der Waals surface area contributed by atoms with Crippen molar-refractivity contribution in [1.82, 2.24) is 9.97 Å². The number of fused-ring (bicyclic) bond motifs is 1. The van der Waals surface area contributed by atoms with Crippen LogP contribution in [0, 0.1) is 11.6 Å². The van der Waals surface area contributed by atoms with E-state index in [0.29, 0.717) is 22.2 Å². The molecule has 0 aliphatic carbocycles. The van der Waals surface area contributed by atoms with Crippen molar-refractivity contribution in [2.24, 2.45) is 0 Å². The summed E-state index contributed by atoms with van der Waals surface area (Å²) in [7, 11) is 0. The number of ether oxygens (including phenoxy) is 1. The Kier molecular flexibility index (Phi) is 5.07. The highest BCUT2D eigenvalue weighted by atomic mass is 19.4. The van der Waals surface area contributed by atoms with Crippen molar-refractivity contribution in [3.8, 4) is 28.3 Å². The average Bonchev–Trinajstić information content (AvgIpc) is 2.71. The van der Waals surface area contributed by atoms with Crippen molar-refractivity contribution in [2.45, 2.75) is 6.18 Å². The molecule has 3 nitrogen and oxygen atoms in total. The summed E-state index contributed by atoms with van der Waals surface area (Å²) in [5, 5.41) is 0.364. The Bertz CT molecular complexity index is 1200. The van der Waals surface area contributed by atoms with Crippen LogP contribution < -0.4 is 4.74 Å². The minimum Gasteiger partial charge on any atom is -0.483 e. The van der Waals surface area contributed by atoms with Crippen molar-refractivity contribution < 1.29 is 26.7 Å². The molecular weight excluding hydrogens is 403 g/mol. The van der Waals surface area contributed by atoms with E-state index < -0.39 is 24.4 Å². The van der Waals surface area contributed by atoms with Gasteiger partial charge < -0.3 is 4.74 Å². The molecule has 0 N–H and O–H groups in total. The molecule has 2 heterocycles. The summed E-state index contributed by atoms with van der Waals surface area (Å²) in [5.41, 5.74) is 1.21. The number of aromatic nitrogens is 2. The maximum atomic E-state index is 14.1. The van der Waals surface area contributed by atoms with Gasteiger partial charge in [0, 0.05) is 17.1 Å². The molecule has 0 unspecified atom stereocenters. The molecule has 0 amide bonds. The molecule has 2 aromatic carbocycles. The topological polar surface area (TPSA) is 35.0 Å². The smallest absolute Gasteiger partial charge is 0.422 e. The SMILES string of the molecule is Fc1cccc(F)c1-c1cccc(-c2ccc3nccc(OCC(F)(F)F)c3c2)n1. The van der Waals surface area contributed by atoms with Crippen LogP contribution in [0.25, 0.3) is 33.4 Å². The van der Waals surface area contributed by atoms with Gasteiger partial charge in [0.25, 0.3) is 0 Å². The number of alkyl halides is 3. The van der Waals surface area contributed by atoms with Crippen LogP contribution in [0.3, 0.4) is 0 Å².